The fraction of sp³-hybridized carbons (Fsp3) is 0.0667. The third kappa shape index (κ3) is 3.62. The smallest absolute Gasteiger partial charge is 0.330 e. The van der Waals surface area contributed by atoms with Crippen molar-refractivity contribution in [2.45, 2.75) is 6.04 Å². The summed E-state index contributed by atoms with van der Waals surface area (Å²) in [7, 11) is 0. The van der Waals surface area contributed by atoms with Crippen LogP contribution in [0.25, 0.3) is 0 Å². The number of benzene rings is 2. The number of carbonyl (C=O) groups excluding carboxylic acids is 1. The summed E-state index contributed by atoms with van der Waals surface area (Å²) in [6.07, 6.45) is 0. The number of halogens is 2. The van der Waals surface area contributed by atoms with Gasteiger partial charge < -0.3 is 10.4 Å². The second-order valence-electron chi connectivity index (χ2n) is 4.26. The zero-order chi connectivity index (χ0) is 15.4. The minimum atomic E-state index is -1.14. The summed E-state index contributed by atoms with van der Waals surface area (Å²) in [4.78, 5) is 23.6. The molecule has 0 unspecified atom stereocenters. The van der Waals surface area contributed by atoms with Crippen LogP contribution in [-0.2, 0) is 4.79 Å². The number of amides is 1. The Hall–Kier alpha value is -1.85. The number of carboxylic acid groups (broad SMARTS) is 1. The van der Waals surface area contributed by atoms with Gasteiger partial charge in [-0.1, -0.05) is 48.0 Å². The summed E-state index contributed by atoms with van der Waals surface area (Å²) < 4.78 is 0.573. The molecule has 0 heterocycles. The molecule has 0 fully saturated rings. The SMILES string of the molecule is O=C(N[C@@H](C(=O)O)c1ccccc1)c1cccc(Br)c1Cl. The van der Waals surface area contributed by atoms with Crippen molar-refractivity contribution in [1.29, 1.82) is 0 Å². The summed E-state index contributed by atoms with van der Waals surface area (Å²) in [5, 5.41) is 12.0. The molecule has 2 rings (SSSR count). The van der Waals surface area contributed by atoms with E-state index in [1.807, 2.05) is 0 Å². The van der Waals surface area contributed by atoms with Gasteiger partial charge in [0, 0.05) is 4.47 Å². The zero-order valence-electron chi connectivity index (χ0n) is 10.7. The summed E-state index contributed by atoms with van der Waals surface area (Å²) in [6.45, 7) is 0. The predicted molar refractivity (Wildman–Crippen MR) is 83.4 cm³/mol. The van der Waals surface area contributed by atoms with Crippen molar-refractivity contribution in [1.82, 2.24) is 5.32 Å². The van der Waals surface area contributed by atoms with Crippen molar-refractivity contribution in [2.24, 2.45) is 0 Å². The Morgan fingerprint density at radius 3 is 2.38 bits per heavy atom. The third-order valence-electron chi connectivity index (χ3n) is 2.85. The Balaban J connectivity index is 2.28. The molecule has 0 bridgehead atoms. The highest BCUT2D eigenvalue weighted by molar-refractivity contribution is 9.10. The molecule has 0 radical (unpaired) electrons. The normalized spacial score (nSPS) is 11.7. The van der Waals surface area contributed by atoms with E-state index in [1.165, 1.54) is 6.07 Å². The quantitative estimate of drug-likeness (QED) is 0.865. The molecular formula is C15H11BrClNO3. The predicted octanol–water partition coefficient (Wildman–Crippen LogP) is 3.66. The third-order valence-corrected chi connectivity index (χ3v) is 4.15. The Kier molecular flexibility index (Phi) is 4.98. The van der Waals surface area contributed by atoms with Crippen LogP contribution < -0.4 is 5.32 Å². The number of rotatable bonds is 4. The molecule has 108 valence electrons. The molecule has 1 atom stereocenters. The van der Waals surface area contributed by atoms with E-state index in [0.717, 1.165) is 0 Å². The molecule has 21 heavy (non-hydrogen) atoms. The molecule has 0 aromatic heterocycles. The molecule has 2 N–H and O–H groups in total. The van der Waals surface area contributed by atoms with E-state index in [0.29, 0.717) is 10.0 Å². The Bertz CT molecular complexity index is 676. The number of hydrogen-bond donors (Lipinski definition) is 2. The first-order valence-corrected chi connectivity index (χ1v) is 7.20. The van der Waals surface area contributed by atoms with Gasteiger partial charge in [-0.3, -0.25) is 4.79 Å². The van der Waals surface area contributed by atoms with E-state index < -0.39 is 17.9 Å². The summed E-state index contributed by atoms with van der Waals surface area (Å²) in [5.41, 5.74) is 0.706. The van der Waals surface area contributed by atoms with Crippen molar-refractivity contribution in [3.05, 3.63) is 69.2 Å². The van der Waals surface area contributed by atoms with Crippen molar-refractivity contribution in [3.8, 4) is 0 Å². The molecule has 6 heteroatoms. The zero-order valence-corrected chi connectivity index (χ0v) is 13.1. The number of carboxylic acids is 1. The maximum Gasteiger partial charge on any atom is 0.330 e. The summed E-state index contributed by atoms with van der Waals surface area (Å²) in [6, 6.07) is 12.2. The number of aliphatic carboxylic acids is 1. The molecular weight excluding hydrogens is 358 g/mol. The van der Waals surface area contributed by atoms with Crippen molar-refractivity contribution < 1.29 is 14.7 Å². The Morgan fingerprint density at radius 2 is 1.76 bits per heavy atom. The van der Waals surface area contributed by atoms with E-state index in [2.05, 4.69) is 21.2 Å². The first-order chi connectivity index (χ1) is 10.0. The molecule has 0 saturated heterocycles. The lowest BCUT2D eigenvalue weighted by atomic mass is 10.1. The summed E-state index contributed by atoms with van der Waals surface area (Å²) in [5.74, 6) is -1.68. The van der Waals surface area contributed by atoms with Gasteiger partial charge in [-0.25, -0.2) is 4.79 Å². The highest BCUT2D eigenvalue weighted by atomic mass is 79.9. The minimum Gasteiger partial charge on any atom is -0.479 e. The number of hydrogen-bond acceptors (Lipinski definition) is 2. The van der Waals surface area contributed by atoms with E-state index in [9.17, 15) is 14.7 Å². The molecule has 0 spiro atoms. The van der Waals surface area contributed by atoms with Crippen molar-refractivity contribution in [2.75, 3.05) is 0 Å². The molecule has 1 amide bonds. The first-order valence-electron chi connectivity index (χ1n) is 6.03. The highest BCUT2D eigenvalue weighted by Crippen LogP contribution is 2.26. The van der Waals surface area contributed by atoms with Crippen LogP contribution in [0.3, 0.4) is 0 Å². The second-order valence-corrected chi connectivity index (χ2v) is 5.49. The van der Waals surface area contributed by atoms with Crippen molar-refractivity contribution >= 4 is 39.4 Å². The molecule has 4 nitrogen and oxygen atoms in total. The monoisotopic (exact) mass is 367 g/mol. The lowest BCUT2D eigenvalue weighted by molar-refractivity contribution is -0.139. The molecule has 0 aliphatic heterocycles. The lowest BCUT2D eigenvalue weighted by Gasteiger charge is -2.15. The van der Waals surface area contributed by atoms with E-state index in [4.69, 9.17) is 11.6 Å². The van der Waals surface area contributed by atoms with Gasteiger partial charge >= 0.3 is 5.97 Å². The lowest BCUT2D eigenvalue weighted by Crippen LogP contribution is -2.33. The summed E-state index contributed by atoms with van der Waals surface area (Å²) >= 11 is 9.27. The standard InChI is InChI=1S/C15H11BrClNO3/c16-11-8-4-7-10(12(11)17)14(19)18-13(15(20)21)9-5-2-1-3-6-9/h1-8,13H,(H,18,19)(H,20,21)/t13-/m1/s1. The van der Waals surface area contributed by atoms with Crippen LogP contribution in [0.15, 0.2) is 53.0 Å². The van der Waals surface area contributed by atoms with Crippen LogP contribution in [0.1, 0.15) is 22.0 Å². The fourth-order valence-electron chi connectivity index (χ4n) is 1.82. The maximum atomic E-state index is 12.2. The van der Waals surface area contributed by atoms with Gasteiger partial charge in [-0.15, -0.1) is 0 Å². The van der Waals surface area contributed by atoms with Gasteiger partial charge in [-0.2, -0.15) is 0 Å². The second kappa shape index (κ2) is 6.74. The number of carbonyl (C=O) groups is 2. The largest absolute Gasteiger partial charge is 0.479 e. The van der Waals surface area contributed by atoms with Gasteiger partial charge in [0.25, 0.3) is 5.91 Å². The molecule has 0 saturated carbocycles. The van der Waals surface area contributed by atoms with Gasteiger partial charge in [0.2, 0.25) is 0 Å². The molecule has 0 aliphatic rings. The Labute approximate surface area is 134 Å². The minimum absolute atomic E-state index is 0.216. The van der Waals surface area contributed by atoms with Crippen LogP contribution in [0.2, 0.25) is 5.02 Å². The van der Waals surface area contributed by atoms with Gasteiger partial charge in [-0.05, 0) is 33.6 Å². The van der Waals surface area contributed by atoms with Crippen LogP contribution >= 0.6 is 27.5 Å². The van der Waals surface area contributed by atoms with Gasteiger partial charge in [0.05, 0.1) is 10.6 Å². The van der Waals surface area contributed by atoms with Crippen LogP contribution in [0, 0.1) is 0 Å². The molecule has 0 aliphatic carbocycles. The fourth-order valence-corrected chi connectivity index (χ4v) is 2.40. The topological polar surface area (TPSA) is 66.4 Å². The number of nitrogens with one attached hydrogen (secondary N) is 1. The Morgan fingerprint density at radius 1 is 1.10 bits per heavy atom. The average Bonchev–Trinajstić information content (AvgIpc) is 2.48. The van der Waals surface area contributed by atoms with Crippen LogP contribution in [0.5, 0.6) is 0 Å². The maximum absolute atomic E-state index is 12.2. The van der Waals surface area contributed by atoms with Crippen LogP contribution in [-0.4, -0.2) is 17.0 Å². The van der Waals surface area contributed by atoms with Crippen molar-refractivity contribution in [3.63, 3.8) is 0 Å². The average molecular weight is 369 g/mol. The van der Waals surface area contributed by atoms with Gasteiger partial charge in [0.1, 0.15) is 0 Å². The van der Waals surface area contributed by atoms with Crippen LogP contribution in [0.4, 0.5) is 0 Å². The van der Waals surface area contributed by atoms with E-state index >= 15 is 0 Å². The molecule has 2 aromatic carbocycles. The van der Waals surface area contributed by atoms with E-state index in [-0.39, 0.29) is 10.6 Å². The van der Waals surface area contributed by atoms with E-state index in [1.54, 1.807) is 42.5 Å². The first kappa shape index (κ1) is 15.5. The molecule has 2 aromatic rings. The van der Waals surface area contributed by atoms with Gasteiger partial charge in [0.15, 0.2) is 6.04 Å². The highest BCUT2D eigenvalue weighted by Gasteiger charge is 2.23.